The second-order valence-electron chi connectivity index (χ2n) is 5.16. The number of sulfone groups is 1. The highest BCUT2D eigenvalue weighted by molar-refractivity contribution is 7.91. The first-order valence-corrected chi connectivity index (χ1v) is 8.48. The summed E-state index contributed by atoms with van der Waals surface area (Å²) in [5, 5.41) is 0. The zero-order valence-corrected chi connectivity index (χ0v) is 12.6. The maximum Gasteiger partial charge on any atom is 0.179 e. The van der Waals surface area contributed by atoms with Crippen LogP contribution in [0.15, 0.2) is 29.2 Å². The monoisotopic (exact) mass is 298 g/mol. The molecule has 0 spiro atoms. The molecule has 1 aliphatic heterocycles. The van der Waals surface area contributed by atoms with Crippen LogP contribution in [-0.2, 0) is 21.1 Å². The Morgan fingerprint density at radius 3 is 2.60 bits per heavy atom. The van der Waals surface area contributed by atoms with E-state index in [2.05, 4.69) is 4.90 Å². The van der Waals surface area contributed by atoms with Gasteiger partial charge in [-0.3, -0.25) is 0 Å². The molecule has 112 valence electrons. The van der Waals surface area contributed by atoms with E-state index >= 15 is 0 Å². The van der Waals surface area contributed by atoms with Crippen molar-refractivity contribution in [3.63, 3.8) is 0 Å². The van der Waals surface area contributed by atoms with Crippen LogP contribution in [-0.4, -0.2) is 51.9 Å². The highest BCUT2D eigenvalue weighted by Gasteiger charge is 2.22. The number of hydrogen-bond acceptors (Lipinski definition) is 5. The molecule has 0 aliphatic carbocycles. The number of hydrogen-bond donors (Lipinski definition) is 1. The quantitative estimate of drug-likeness (QED) is 0.834. The van der Waals surface area contributed by atoms with Gasteiger partial charge in [-0.1, -0.05) is 12.1 Å². The average molecular weight is 298 g/mol. The molecule has 2 N–H and O–H groups in total. The fraction of sp³-hybridized carbons (Fsp3) is 0.571. The molecule has 2 rings (SSSR count). The van der Waals surface area contributed by atoms with E-state index in [1.165, 1.54) is 0 Å². The van der Waals surface area contributed by atoms with Crippen molar-refractivity contribution in [1.82, 2.24) is 4.90 Å². The maximum absolute atomic E-state index is 12.3. The Morgan fingerprint density at radius 2 is 2.05 bits per heavy atom. The van der Waals surface area contributed by atoms with Crippen LogP contribution in [0.1, 0.15) is 12.0 Å². The highest BCUT2D eigenvalue weighted by Crippen LogP contribution is 2.14. The number of likely N-dealkylation sites (N-methyl/N-ethyl adjacent to an activating group) is 1. The largest absolute Gasteiger partial charge is 0.380 e. The summed E-state index contributed by atoms with van der Waals surface area (Å²) < 4.78 is 29.8. The van der Waals surface area contributed by atoms with E-state index in [1.54, 1.807) is 24.3 Å². The number of ether oxygens (including phenoxy) is 1. The molecule has 1 aromatic carbocycles. The molecule has 1 aromatic rings. The Kier molecular flexibility index (Phi) is 5.15. The average Bonchev–Trinajstić information content (AvgIpc) is 2.99. The summed E-state index contributed by atoms with van der Waals surface area (Å²) in [5.41, 5.74) is 6.44. The molecule has 1 fully saturated rings. The lowest BCUT2D eigenvalue weighted by Crippen LogP contribution is -2.35. The Labute approximate surface area is 120 Å². The molecule has 0 radical (unpaired) electrons. The van der Waals surface area contributed by atoms with Crippen LogP contribution in [0.4, 0.5) is 0 Å². The fourth-order valence-electron chi connectivity index (χ4n) is 2.27. The summed E-state index contributed by atoms with van der Waals surface area (Å²) in [6.07, 6.45) is 0.974. The molecule has 5 nitrogen and oxygen atoms in total. The van der Waals surface area contributed by atoms with Crippen LogP contribution in [0.2, 0.25) is 0 Å². The molecule has 1 aliphatic rings. The van der Waals surface area contributed by atoms with E-state index in [4.69, 9.17) is 10.5 Å². The minimum absolute atomic E-state index is 0.127. The van der Waals surface area contributed by atoms with Gasteiger partial charge >= 0.3 is 0 Å². The van der Waals surface area contributed by atoms with Gasteiger partial charge < -0.3 is 15.4 Å². The minimum Gasteiger partial charge on any atom is -0.380 e. The fourth-order valence-corrected chi connectivity index (χ4v) is 3.58. The van der Waals surface area contributed by atoms with Gasteiger partial charge in [0, 0.05) is 25.7 Å². The minimum atomic E-state index is -3.23. The van der Waals surface area contributed by atoms with E-state index < -0.39 is 9.84 Å². The summed E-state index contributed by atoms with van der Waals surface area (Å²) >= 11 is 0. The lowest BCUT2D eigenvalue weighted by atomic mass is 10.2. The van der Waals surface area contributed by atoms with Crippen molar-refractivity contribution < 1.29 is 13.2 Å². The van der Waals surface area contributed by atoms with Crippen LogP contribution in [0.3, 0.4) is 0 Å². The van der Waals surface area contributed by atoms with Crippen molar-refractivity contribution in [1.29, 1.82) is 0 Å². The first-order chi connectivity index (χ1) is 9.53. The van der Waals surface area contributed by atoms with Crippen molar-refractivity contribution in [2.75, 3.05) is 32.6 Å². The molecule has 20 heavy (non-hydrogen) atoms. The third-order valence-corrected chi connectivity index (χ3v) is 5.47. The molecular weight excluding hydrogens is 276 g/mol. The molecule has 1 heterocycles. The summed E-state index contributed by atoms with van der Waals surface area (Å²) in [6, 6.07) is 7.14. The third-order valence-electron chi connectivity index (χ3n) is 3.76. The van der Waals surface area contributed by atoms with Crippen molar-refractivity contribution in [3.05, 3.63) is 29.8 Å². The topological polar surface area (TPSA) is 72.6 Å². The highest BCUT2D eigenvalue weighted by atomic mass is 32.2. The molecule has 0 aromatic heterocycles. The lowest BCUT2D eigenvalue weighted by Gasteiger charge is -2.22. The second kappa shape index (κ2) is 6.67. The summed E-state index contributed by atoms with van der Waals surface area (Å²) in [4.78, 5) is 2.43. The Hall–Kier alpha value is -0.950. The number of nitrogens with zero attached hydrogens (tertiary/aromatic N) is 1. The zero-order valence-electron chi connectivity index (χ0n) is 11.8. The smallest absolute Gasteiger partial charge is 0.179 e. The van der Waals surface area contributed by atoms with Gasteiger partial charge in [-0.05, 0) is 31.2 Å². The molecule has 0 saturated carbocycles. The predicted molar refractivity (Wildman–Crippen MR) is 78.2 cm³/mol. The van der Waals surface area contributed by atoms with E-state index in [1.807, 2.05) is 7.05 Å². The molecule has 1 saturated heterocycles. The van der Waals surface area contributed by atoms with Crippen LogP contribution < -0.4 is 5.73 Å². The Bertz CT molecular complexity index is 522. The van der Waals surface area contributed by atoms with Gasteiger partial charge in [0.2, 0.25) is 0 Å². The second-order valence-corrected chi connectivity index (χ2v) is 7.27. The van der Waals surface area contributed by atoms with E-state index in [0.29, 0.717) is 30.6 Å². The van der Waals surface area contributed by atoms with Crippen LogP contribution in [0.25, 0.3) is 0 Å². The molecular formula is C14H22N2O3S. The predicted octanol–water partition coefficient (Wildman–Crippen LogP) is 0.640. The van der Waals surface area contributed by atoms with Gasteiger partial charge in [-0.2, -0.15) is 0 Å². The zero-order chi connectivity index (χ0) is 14.6. The van der Waals surface area contributed by atoms with Crippen molar-refractivity contribution in [2.24, 2.45) is 5.73 Å². The third kappa shape index (κ3) is 3.79. The molecule has 0 bridgehead atoms. The van der Waals surface area contributed by atoms with E-state index in [-0.39, 0.29) is 5.75 Å². The van der Waals surface area contributed by atoms with Crippen LogP contribution in [0, 0.1) is 0 Å². The Morgan fingerprint density at radius 1 is 1.35 bits per heavy atom. The first-order valence-electron chi connectivity index (χ1n) is 6.82. The van der Waals surface area contributed by atoms with Gasteiger partial charge in [-0.15, -0.1) is 0 Å². The van der Waals surface area contributed by atoms with Crippen molar-refractivity contribution in [3.8, 4) is 0 Å². The maximum atomic E-state index is 12.3. The van der Waals surface area contributed by atoms with Gasteiger partial charge in [0.05, 0.1) is 17.3 Å². The van der Waals surface area contributed by atoms with Crippen molar-refractivity contribution >= 4 is 9.84 Å². The van der Waals surface area contributed by atoms with Gasteiger partial charge in [0.25, 0.3) is 0 Å². The molecule has 1 atom stereocenters. The first kappa shape index (κ1) is 15.4. The number of nitrogens with two attached hydrogens (primary N) is 1. The SMILES string of the molecule is CN(CCS(=O)(=O)c1ccc(CN)cc1)C1CCOC1. The van der Waals surface area contributed by atoms with Crippen molar-refractivity contribution in [2.45, 2.75) is 23.9 Å². The summed E-state index contributed by atoms with van der Waals surface area (Å²) in [6.45, 7) is 2.41. The van der Waals surface area contributed by atoms with Crippen LogP contribution >= 0.6 is 0 Å². The number of benzene rings is 1. The van der Waals surface area contributed by atoms with E-state index in [0.717, 1.165) is 18.6 Å². The van der Waals surface area contributed by atoms with E-state index in [9.17, 15) is 8.42 Å². The normalized spacial score (nSPS) is 19.6. The van der Waals surface area contributed by atoms with Crippen LogP contribution in [0.5, 0.6) is 0 Å². The molecule has 1 unspecified atom stereocenters. The number of rotatable bonds is 6. The molecule has 6 heteroatoms. The Balaban J connectivity index is 1.95. The standard InChI is InChI=1S/C14H22N2O3S/c1-16(13-6-8-19-11-13)7-9-20(17,18)14-4-2-12(10-15)3-5-14/h2-5,13H,6-11,15H2,1H3. The summed E-state index contributed by atoms with van der Waals surface area (Å²) in [5.74, 6) is 0.127. The summed E-state index contributed by atoms with van der Waals surface area (Å²) in [7, 11) is -1.28. The van der Waals surface area contributed by atoms with Gasteiger partial charge in [-0.25, -0.2) is 8.42 Å². The van der Waals surface area contributed by atoms with Gasteiger partial charge in [0.1, 0.15) is 0 Å². The molecule has 0 amide bonds. The van der Waals surface area contributed by atoms with Gasteiger partial charge in [0.15, 0.2) is 9.84 Å². The lowest BCUT2D eigenvalue weighted by molar-refractivity contribution is 0.162.